The van der Waals surface area contributed by atoms with Crippen LogP contribution in [0.5, 0.6) is 0 Å². The van der Waals surface area contributed by atoms with Gasteiger partial charge in [0.25, 0.3) is 0 Å². The van der Waals surface area contributed by atoms with Crippen molar-refractivity contribution in [2.45, 2.75) is 19.3 Å². The molecule has 4 heteroatoms. The van der Waals surface area contributed by atoms with Gasteiger partial charge in [-0.15, -0.1) is 0 Å². The molecule has 0 spiro atoms. The summed E-state index contributed by atoms with van der Waals surface area (Å²) in [5.41, 5.74) is 14.4. The lowest BCUT2D eigenvalue weighted by molar-refractivity contribution is 0.660. The van der Waals surface area contributed by atoms with Crippen molar-refractivity contribution in [2.75, 3.05) is 0 Å². The third-order valence-corrected chi connectivity index (χ3v) is 11.3. The molecular weight excluding hydrogens is 659 g/mol. The summed E-state index contributed by atoms with van der Waals surface area (Å²) in [6.07, 6.45) is 0. The first-order chi connectivity index (χ1) is 26.5. The van der Waals surface area contributed by atoms with Crippen molar-refractivity contribution in [3.8, 4) is 56.3 Å². The third kappa shape index (κ3) is 4.53. The molecule has 4 nitrogen and oxygen atoms in total. The molecule has 0 aliphatic heterocycles. The van der Waals surface area contributed by atoms with Crippen molar-refractivity contribution in [2.24, 2.45) is 0 Å². The molecule has 0 amide bonds. The molecule has 1 aliphatic rings. The molecule has 7 aromatic carbocycles. The van der Waals surface area contributed by atoms with Crippen LogP contribution in [0.3, 0.4) is 0 Å². The Morgan fingerprint density at radius 1 is 0.426 bits per heavy atom. The Bertz CT molecular complexity index is 3120. The van der Waals surface area contributed by atoms with Crippen molar-refractivity contribution in [3.63, 3.8) is 0 Å². The van der Waals surface area contributed by atoms with Crippen molar-refractivity contribution >= 4 is 43.6 Å². The van der Waals surface area contributed by atoms with Gasteiger partial charge in [-0.2, -0.15) is 0 Å². The number of para-hydroxylation sites is 2. The second kappa shape index (κ2) is 11.5. The van der Waals surface area contributed by atoms with E-state index in [1.807, 2.05) is 18.2 Å². The van der Waals surface area contributed by atoms with Gasteiger partial charge in [-0.3, -0.25) is 0 Å². The molecule has 54 heavy (non-hydrogen) atoms. The van der Waals surface area contributed by atoms with E-state index in [1.165, 1.54) is 22.3 Å². The van der Waals surface area contributed by atoms with Crippen LogP contribution >= 0.6 is 0 Å². The minimum atomic E-state index is -0.0686. The zero-order chi connectivity index (χ0) is 36.0. The van der Waals surface area contributed by atoms with E-state index < -0.39 is 0 Å². The van der Waals surface area contributed by atoms with E-state index >= 15 is 0 Å². The molecule has 10 aromatic rings. The summed E-state index contributed by atoms with van der Waals surface area (Å²) in [4.78, 5) is 15.7. The van der Waals surface area contributed by atoms with Gasteiger partial charge >= 0.3 is 0 Å². The predicted octanol–water partition coefficient (Wildman–Crippen LogP) is 13.1. The highest BCUT2D eigenvalue weighted by Crippen LogP contribution is 2.50. The highest BCUT2D eigenvalue weighted by atomic mass is 16.3. The van der Waals surface area contributed by atoms with Gasteiger partial charge in [-0.05, 0) is 52.6 Å². The van der Waals surface area contributed by atoms with Crippen LogP contribution in [0.25, 0.3) is 99.9 Å². The zero-order valence-corrected chi connectivity index (χ0v) is 29.8. The molecule has 0 saturated carbocycles. The van der Waals surface area contributed by atoms with Crippen LogP contribution in [-0.4, -0.2) is 15.0 Å². The first kappa shape index (κ1) is 30.7. The highest BCUT2D eigenvalue weighted by molar-refractivity contribution is 6.25. The second-order valence-electron chi connectivity index (χ2n) is 14.8. The summed E-state index contributed by atoms with van der Waals surface area (Å²) >= 11 is 0. The summed E-state index contributed by atoms with van der Waals surface area (Å²) in [5, 5.41) is 5.25. The van der Waals surface area contributed by atoms with Crippen LogP contribution in [0.4, 0.5) is 0 Å². The highest BCUT2D eigenvalue weighted by Gasteiger charge is 2.35. The Hall–Kier alpha value is -6.91. The van der Waals surface area contributed by atoms with Gasteiger partial charge in [0.2, 0.25) is 0 Å². The molecular formula is C50H33N3O. The van der Waals surface area contributed by atoms with Gasteiger partial charge in [0.1, 0.15) is 11.2 Å². The number of benzene rings is 7. The average molecular weight is 692 g/mol. The SMILES string of the molecule is CC1(C)c2ccccc2-c2cc(-c3cc(-c4ccccc4)nc(-c4cccc5c4oc4c5ccc5c(-c6ccccc6)nc6ccccc6c54)n3)ccc21. The van der Waals surface area contributed by atoms with Crippen LogP contribution in [0, 0.1) is 0 Å². The lowest BCUT2D eigenvalue weighted by atomic mass is 9.82. The van der Waals surface area contributed by atoms with Gasteiger partial charge in [0.05, 0.1) is 28.2 Å². The zero-order valence-electron chi connectivity index (χ0n) is 29.8. The maximum atomic E-state index is 7.06. The molecule has 0 fully saturated rings. The first-order valence-electron chi connectivity index (χ1n) is 18.4. The van der Waals surface area contributed by atoms with Crippen molar-refractivity contribution in [3.05, 3.63) is 175 Å². The van der Waals surface area contributed by atoms with Gasteiger partial charge < -0.3 is 4.42 Å². The quantitative estimate of drug-likeness (QED) is 0.172. The molecule has 0 radical (unpaired) electrons. The molecule has 1 aliphatic carbocycles. The van der Waals surface area contributed by atoms with Gasteiger partial charge in [-0.25, -0.2) is 15.0 Å². The maximum Gasteiger partial charge on any atom is 0.164 e. The molecule has 11 rings (SSSR count). The van der Waals surface area contributed by atoms with Gasteiger partial charge in [0.15, 0.2) is 5.82 Å². The van der Waals surface area contributed by atoms with Crippen molar-refractivity contribution < 1.29 is 4.42 Å². The Morgan fingerprint density at radius 2 is 1.06 bits per heavy atom. The number of rotatable bonds is 4. The lowest BCUT2D eigenvalue weighted by Gasteiger charge is -2.21. The molecule has 0 atom stereocenters. The number of hydrogen-bond acceptors (Lipinski definition) is 4. The minimum Gasteiger partial charge on any atom is -0.455 e. The first-order valence-corrected chi connectivity index (χ1v) is 18.4. The van der Waals surface area contributed by atoms with Crippen LogP contribution in [0.2, 0.25) is 0 Å². The predicted molar refractivity (Wildman–Crippen MR) is 221 cm³/mol. The fourth-order valence-corrected chi connectivity index (χ4v) is 8.63. The van der Waals surface area contributed by atoms with Crippen molar-refractivity contribution in [1.29, 1.82) is 0 Å². The van der Waals surface area contributed by atoms with E-state index in [1.54, 1.807) is 0 Å². The lowest BCUT2D eigenvalue weighted by Crippen LogP contribution is -2.14. The third-order valence-electron chi connectivity index (χ3n) is 11.3. The minimum absolute atomic E-state index is 0.0686. The molecule has 0 bridgehead atoms. The number of fused-ring (bicyclic) bond motifs is 10. The normalized spacial score (nSPS) is 13.1. The van der Waals surface area contributed by atoms with Crippen LogP contribution in [0.15, 0.2) is 168 Å². The van der Waals surface area contributed by atoms with E-state index in [0.717, 1.165) is 82.9 Å². The average Bonchev–Trinajstić information content (AvgIpc) is 3.73. The van der Waals surface area contributed by atoms with Crippen LogP contribution < -0.4 is 0 Å². The number of aromatic nitrogens is 3. The molecule has 0 N–H and O–H groups in total. The molecule has 0 saturated heterocycles. The molecule has 3 aromatic heterocycles. The molecule has 254 valence electrons. The fourth-order valence-electron chi connectivity index (χ4n) is 8.63. The van der Waals surface area contributed by atoms with E-state index in [0.29, 0.717) is 5.82 Å². The Labute approximate surface area is 312 Å². The van der Waals surface area contributed by atoms with E-state index in [2.05, 4.69) is 159 Å². The summed E-state index contributed by atoms with van der Waals surface area (Å²) in [5.74, 6) is 0.623. The molecule has 3 heterocycles. The summed E-state index contributed by atoms with van der Waals surface area (Å²) in [7, 11) is 0. The molecule has 0 unspecified atom stereocenters. The largest absolute Gasteiger partial charge is 0.455 e. The topological polar surface area (TPSA) is 51.8 Å². The number of nitrogens with zero attached hydrogens (tertiary/aromatic N) is 3. The summed E-state index contributed by atoms with van der Waals surface area (Å²) < 4.78 is 7.06. The van der Waals surface area contributed by atoms with E-state index in [4.69, 9.17) is 19.4 Å². The number of furan rings is 1. The van der Waals surface area contributed by atoms with Crippen molar-refractivity contribution in [1.82, 2.24) is 15.0 Å². The Balaban J connectivity index is 1.16. The van der Waals surface area contributed by atoms with E-state index in [-0.39, 0.29) is 5.41 Å². The number of hydrogen-bond donors (Lipinski definition) is 0. The number of pyridine rings is 1. The Kier molecular flexibility index (Phi) is 6.56. The van der Waals surface area contributed by atoms with Crippen LogP contribution in [0.1, 0.15) is 25.0 Å². The maximum absolute atomic E-state index is 7.06. The van der Waals surface area contributed by atoms with E-state index in [9.17, 15) is 0 Å². The van der Waals surface area contributed by atoms with Gasteiger partial charge in [-0.1, -0.05) is 147 Å². The summed E-state index contributed by atoms with van der Waals surface area (Å²) in [6, 6.07) is 57.4. The smallest absolute Gasteiger partial charge is 0.164 e. The second-order valence-corrected chi connectivity index (χ2v) is 14.8. The van der Waals surface area contributed by atoms with Crippen LogP contribution in [-0.2, 0) is 5.41 Å². The summed E-state index contributed by atoms with van der Waals surface area (Å²) in [6.45, 7) is 4.62. The monoisotopic (exact) mass is 691 g/mol. The standard InChI is InChI=1S/C50H33N3O/c1-50(2)40-22-11-9-18-33(40)39-28-32(24-27-41(39)50)44-29-43(30-14-5-3-6-15-30)52-49(53-44)38-21-13-20-34-35-25-26-37-45(48(35)54-47(34)38)36-19-10-12-23-42(36)51-46(37)31-16-7-4-8-17-31/h3-29H,1-2H3. The van der Waals surface area contributed by atoms with Gasteiger partial charge in [0, 0.05) is 49.0 Å². The Morgan fingerprint density at radius 3 is 1.89 bits per heavy atom. The fraction of sp³-hybridized carbons (Fsp3) is 0.0600.